The lowest BCUT2D eigenvalue weighted by molar-refractivity contribution is -0.290. The van der Waals surface area contributed by atoms with Crippen LogP contribution >= 0.6 is 0 Å². The Hall–Kier alpha value is -1.68. The molecule has 0 aliphatic rings. The first kappa shape index (κ1) is 25.6. The van der Waals surface area contributed by atoms with Gasteiger partial charge in [-0.15, -0.1) is 0 Å². The molecule has 2 N–H and O–H groups in total. The van der Waals surface area contributed by atoms with E-state index < -0.39 is 11.3 Å². The van der Waals surface area contributed by atoms with Crippen molar-refractivity contribution >= 4 is 0 Å². The largest absolute Gasteiger partial charge is 0.344 e. The number of hydrogen-bond donors (Lipinski definition) is 1. The topological polar surface area (TPSA) is 44.5 Å². The number of nitrogens with two attached hydrogens (primary N) is 1. The van der Waals surface area contributed by atoms with Crippen LogP contribution in [0.3, 0.4) is 0 Å². The van der Waals surface area contributed by atoms with Gasteiger partial charge < -0.3 is 15.2 Å². The van der Waals surface area contributed by atoms with Gasteiger partial charge in [0, 0.05) is 5.56 Å². The van der Waals surface area contributed by atoms with E-state index in [2.05, 4.69) is 57.2 Å². The van der Waals surface area contributed by atoms with Crippen LogP contribution in [0.4, 0.5) is 0 Å². The number of unbranched alkanes of at least 4 members (excludes halogenated alkanes) is 5. The van der Waals surface area contributed by atoms with Crippen LogP contribution in [0.5, 0.6) is 0 Å². The van der Waals surface area contributed by atoms with Gasteiger partial charge >= 0.3 is 0 Å². The van der Waals surface area contributed by atoms with E-state index >= 15 is 0 Å². The molecule has 0 aromatic heterocycles. The third-order valence-electron chi connectivity index (χ3n) is 5.97. The second kappa shape index (κ2) is 13.7. The van der Waals surface area contributed by atoms with Crippen molar-refractivity contribution in [3.63, 3.8) is 0 Å². The van der Waals surface area contributed by atoms with E-state index in [4.69, 9.17) is 15.2 Å². The number of rotatable bonds is 16. The molecular formula is C28H43NO2. The van der Waals surface area contributed by atoms with Gasteiger partial charge in [-0.2, -0.15) is 0 Å². The van der Waals surface area contributed by atoms with Crippen molar-refractivity contribution in [2.75, 3.05) is 13.2 Å². The summed E-state index contributed by atoms with van der Waals surface area (Å²) >= 11 is 0. The third-order valence-corrected chi connectivity index (χ3v) is 5.97. The third kappa shape index (κ3) is 6.65. The zero-order chi connectivity index (χ0) is 22.4. The zero-order valence-corrected chi connectivity index (χ0v) is 19.9. The first-order chi connectivity index (χ1) is 15.1. The molecule has 172 valence electrons. The van der Waals surface area contributed by atoms with Gasteiger partial charge in [-0.25, -0.2) is 0 Å². The van der Waals surface area contributed by atoms with Gasteiger partial charge in [0.15, 0.2) is 0 Å². The molecule has 2 aromatic rings. The molecule has 0 aliphatic carbocycles. The second-order valence-corrected chi connectivity index (χ2v) is 8.53. The van der Waals surface area contributed by atoms with Gasteiger partial charge in [0.2, 0.25) is 5.79 Å². The molecule has 1 atom stereocenters. The SMILES string of the molecule is CCCCCCCCC(N)(c1ccccc1)C(OCCC)(OCCC)c1ccccc1. The normalized spacial score (nSPS) is 13.8. The molecular weight excluding hydrogens is 382 g/mol. The van der Waals surface area contributed by atoms with E-state index in [1.54, 1.807) is 0 Å². The first-order valence-electron chi connectivity index (χ1n) is 12.3. The Labute approximate surface area is 190 Å². The maximum Gasteiger partial charge on any atom is 0.217 e. The Bertz CT molecular complexity index is 695. The average Bonchev–Trinajstić information content (AvgIpc) is 2.82. The highest BCUT2D eigenvalue weighted by atomic mass is 16.7. The molecule has 31 heavy (non-hydrogen) atoms. The van der Waals surface area contributed by atoms with Crippen LogP contribution < -0.4 is 5.73 Å². The van der Waals surface area contributed by atoms with E-state index in [0.717, 1.165) is 36.8 Å². The predicted octanol–water partition coefficient (Wildman–Crippen LogP) is 7.30. The van der Waals surface area contributed by atoms with Gasteiger partial charge in [-0.05, 0) is 24.8 Å². The summed E-state index contributed by atoms with van der Waals surface area (Å²) in [5.41, 5.74) is 8.68. The number of ether oxygens (including phenoxy) is 2. The molecule has 1 unspecified atom stereocenters. The van der Waals surface area contributed by atoms with Crippen LogP contribution in [0.15, 0.2) is 60.7 Å². The second-order valence-electron chi connectivity index (χ2n) is 8.53. The lowest BCUT2D eigenvalue weighted by Crippen LogP contribution is -2.59. The average molecular weight is 426 g/mol. The van der Waals surface area contributed by atoms with Crippen LogP contribution in [0.2, 0.25) is 0 Å². The lowest BCUT2D eigenvalue weighted by Gasteiger charge is -2.48. The van der Waals surface area contributed by atoms with Crippen molar-refractivity contribution in [1.82, 2.24) is 0 Å². The van der Waals surface area contributed by atoms with Crippen molar-refractivity contribution in [3.05, 3.63) is 71.8 Å². The Morgan fingerprint density at radius 1 is 0.613 bits per heavy atom. The van der Waals surface area contributed by atoms with Crippen LogP contribution in [0.1, 0.15) is 89.7 Å². The van der Waals surface area contributed by atoms with Crippen molar-refractivity contribution in [2.24, 2.45) is 5.73 Å². The fourth-order valence-corrected chi connectivity index (χ4v) is 4.29. The predicted molar refractivity (Wildman–Crippen MR) is 131 cm³/mol. The molecule has 0 fully saturated rings. The summed E-state index contributed by atoms with van der Waals surface area (Å²) in [5, 5.41) is 0. The molecule has 2 rings (SSSR count). The molecule has 0 saturated carbocycles. The summed E-state index contributed by atoms with van der Waals surface area (Å²) in [6.07, 6.45) is 9.97. The van der Waals surface area contributed by atoms with E-state index in [-0.39, 0.29) is 0 Å². The highest BCUT2D eigenvalue weighted by Gasteiger charge is 2.53. The molecule has 0 saturated heterocycles. The van der Waals surface area contributed by atoms with Gasteiger partial charge in [0.1, 0.15) is 5.54 Å². The van der Waals surface area contributed by atoms with Crippen LogP contribution in [-0.4, -0.2) is 13.2 Å². The molecule has 0 bridgehead atoms. The molecule has 2 aromatic carbocycles. The summed E-state index contributed by atoms with van der Waals surface area (Å²) in [5.74, 6) is -1.02. The van der Waals surface area contributed by atoms with E-state index in [1.165, 1.54) is 32.1 Å². The fraction of sp³-hybridized carbons (Fsp3) is 0.571. The number of hydrogen-bond acceptors (Lipinski definition) is 3. The van der Waals surface area contributed by atoms with Gasteiger partial charge in [0.25, 0.3) is 0 Å². The monoisotopic (exact) mass is 425 g/mol. The Balaban J connectivity index is 2.48. The van der Waals surface area contributed by atoms with Crippen molar-refractivity contribution in [3.8, 4) is 0 Å². The first-order valence-corrected chi connectivity index (χ1v) is 12.3. The smallest absolute Gasteiger partial charge is 0.217 e. The van der Waals surface area contributed by atoms with Crippen molar-refractivity contribution < 1.29 is 9.47 Å². The quantitative estimate of drug-likeness (QED) is 0.227. The van der Waals surface area contributed by atoms with E-state index in [1.807, 2.05) is 24.3 Å². The highest BCUT2D eigenvalue weighted by molar-refractivity contribution is 5.34. The van der Waals surface area contributed by atoms with E-state index in [9.17, 15) is 0 Å². The summed E-state index contributed by atoms with van der Waals surface area (Å²) in [6, 6.07) is 20.7. The van der Waals surface area contributed by atoms with Gasteiger partial charge in [0.05, 0.1) is 13.2 Å². The summed E-state index contributed by atoms with van der Waals surface area (Å²) in [7, 11) is 0. The van der Waals surface area contributed by atoms with E-state index in [0.29, 0.717) is 13.2 Å². The molecule has 3 nitrogen and oxygen atoms in total. The minimum atomic E-state index is -1.02. The molecule has 0 amide bonds. The fourth-order valence-electron chi connectivity index (χ4n) is 4.29. The lowest BCUT2D eigenvalue weighted by atomic mass is 9.75. The molecule has 0 radical (unpaired) electrons. The summed E-state index contributed by atoms with van der Waals surface area (Å²) in [4.78, 5) is 0. The van der Waals surface area contributed by atoms with Crippen LogP contribution in [-0.2, 0) is 20.8 Å². The minimum Gasteiger partial charge on any atom is -0.344 e. The minimum absolute atomic E-state index is 0.598. The molecule has 0 heterocycles. The maximum atomic E-state index is 7.40. The van der Waals surface area contributed by atoms with Crippen LogP contribution in [0.25, 0.3) is 0 Å². The van der Waals surface area contributed by atoms with Gasteiger partial charge in [-0.3, -0.25) is 0 Å². The molecule has 0 spiro atoms. The zero-order valence-electron chi connectivity index (χ0n) is 19.9. The number of benzene rings is 2. The van der Waals surface area contributed by atoms with Crippen molar-refractivity contribution in [1.29, 1.82) is 0 Å². The summed E-state index contributed by atoms with van der Waals surface area (Å²) < 4.78 is 13.3. The molecule has 0 aliphatic heterocycles. The standard InChI is InChI=1S/C28H43NO2/c1-4-7-8-9-10-17-22-27(29,25-18-13-11-14-19-25)28(30-23-5-2,31-24-6-3)26-20-15-12-16-21-26/h11-16,18-21H,4-10,17,22-24,29H2,1-3H3. The summed E-state index contributed by atoms with van der Waals surface area (Å²) in [6.45, 7) is 7.71. The van der Waals surface area contributed by atoms with Crippen molar-refractivity contribution in [2.45, 2.75) is 89.9 Å². The molecule has 3 heteroatoms. The van der Waals surface area contributed by atoms with Gasteiger partial charge in [-0.1, -0.05) is 120 Å². The maximum absolute atomic E-state index is 7.40. The Morgan fingerprint density at radius 2 is 1.10 bits per heavy atom. The Kier molecular flexibility index (Phi) is 11.3. The van der Waals surface area contributed by atoms with Crippen LogP contribution in [0, 0.1) is 0 Å². The highest BCUT2D eigenvalue weighted by Crippen LogP contribution is 2.46. The Morgan fingerprint density at radius 3 is 1.61 bits per heavy atom.